The van der Waals surface area contributed by atoms with Crippen LogP contribution in [0, 0.1) is 16.0 Å². The average molecular weight is 305 g/mol. The first kappa shape index (κ1) is 16.4. The molecule has 1 aromatic carbocycles. The summed E-state index contributed by atoms with van der Waals surface area (Å²) in [5.41, 5.74) is 6.49. The second-order valence-corrected chi connectivity index (χ2v) is 6.23. The molecule has 0 heterocycles. The number of benzene rings is 1. The molecule has 6 heteroatoms. The third-order valence-corrected chi connectivity index (χ3v) is 4.45. The molecule has 0 aromatic heterocycles. The van der Waals surface area contributed by atoms with Crippen LogP contribution in [0.4, 0.5) is 5.69 Å². The number of hydrogen-bond acceptors (Lipinski definition) is 4. The Morgan fingerprint density at radius 1 is 1.45 bits per heavy atom. The molecule has 1 amide bonds. The first-order chi connectivity index (χ1) is 10.4. The molecule has 2 atom stereocenters. The zero-order valence-corrected chi connectivity index (χ0v) is 12.9. The summed E-state index contributed by atoms with van der Waals surface area (Å²) < 4.78 is 0. The molecular formula is C16H23N3O3. The number of nitrogens with two attached hydrogens (primary N) is 1. The topological polar surface area (TPSA) is 98.3 Å². The van der Waals surface area contributed by atoms with Crippen molar-refractivity contribution < 1.29 is 9.72 Å². The van der Waals surface area contributed by atoms with Gasteiger partial charge in [-0.15, -0.1) is 0 Å². The van der Waals surface area contributed by atoms with Gasteiger partial charge in [-0.2, -0.15) is 0 Å². The number of nitrogens with zero attached hydrogens (tertiary/aromatic N) is 1. The third-order valence-electron chi connectivity index (χ3n) is 4.45. The lowest BCUT2D eigenvalue weighted by Gasteiger charge is -2.37. The molecule has 0 aliphatic heterocycles. The molecule has 120 valence electrons. The molecule has 1 aliphatic carbocycles. The molecule has 1 fully saturated rings. The Kier molecular flexibility index (Phi) is 5.13. The van der Waals surface area contributed by atoms with E-state index in [0.717, 1.165) is 25.7 Å². The Balaban J connectivity index is 1.91. The van der Waals surface area contributed by atoms with Gasteiger partial charge < -0.3 is 11.1 Å². The van der Waals surface area contributed by atoms with Gasteiger partial charge in [0.15, 0.2) is 0 Å². The highest BCUT2D eigenvalue weighted by Crippen LogP contribution is 2.31. The van der Waals surface area contributed by atoms with Gasteiger partial charge in [0.25, 0.3) is 5.69 Å². The van der Waals surface area contributed by atoms with Crippen LogP contribution in [0.1, 0.15) is 38.2 Å². The number of para-hydroxylation sites is 1. The van der Waals surface area contributed by atoms with Gasteiger partial charge in [-0.1, -0.05) is 31.0 Å². The number of hydrogen-bond donors (Lipinski definition) is 2. The number of nitrogens with one attached hydrogen (secondary N) is 1. The lowest BCUT2D eigenvalue weighted by Crippen LogP contribution is -2.53. The van der Waals surface area contributed by atoms with Crippen molar-refractivity contribution >= 4 is 11.6 Å². The Morgan fingerprint density at radius 3 is 2.86 bits per heavy atom. The first-order valence-corrected chi connectivity index (χ1v) is 7.71. The van der Waals surface area contributed by atoms with Crippen LogP contribution >= 0.6 is 0 Å². The number of rotatable bonds is 5. The molecule has 2 rings (SSSR count). The lowest BCUT2D eigenvalue weighted by atomic mass is 9.74. The number of carbonyl (C=O) groups is 1. The summed E-state index contributed by atoms with van der Waals surface area (Å²) in [6.45, 7) is 2.31. The maximum Gasteiger partial charge on any atom is 0.272 e. The minimum absolute atomic E-state index is 0.0386. The Bertz CT molecular complexity index is 557. The molecule has 0 bridgehead atoms. The van der Waals surface area contributed by atoms with E-state index in [1.807, 2.05) is 6.92 Å². The van der Waals surface area contributed by atoms with Crippen molar-refractivity contribution in [1.82, 2.24) is 5.32 Å². The first-order valence-electron chi connectivity index (χ1n) is 7.71. The highest BCUT2D eigenvalue weighted by atomic mass is 16.6. The monoisotopic (exact) mass is 305 g/mol. The highest BCUT2D eigenvalue weighted by Gasteiger charge is 2.37. The fourth-order valence-electron chi connectivity index (χ4n) is 3.13. The van der Waals surface area contributed by atoms with E-state index in [4.69, 9.17) is 5.73 Å². The Morgan fingerprint density at radius 2 is 2.18 bits per heavy atom. The van der Waals surface area contributed by atoms with Crippen LogP contribution in [-0.2, 0) is 11.2 Å². The molecule has 6 nitrogen and oxygen atoms in total. The minimum atomic E-state index is -0.457. The third kappa shape index (κ3) is 3.82. The second-order valence-electron chi connectivity index (χ2n) is 6.23. The van der Waals surface area contributed by atoms with Gasteiger partial charge in [0.2, 0.25) is 5.91 Å². The van der Waals surface area contributed by atoms with E-state index in [1.165, 1.54) is 6.07 Å². The van der Waals surface area contributed by atoms with E-state index in [2.05, 4.69) is 5.32 Å². The quantitative estimate of drug-likeness (QED) is 0.643. The zero-order chi connectivity index (χ0) is 16.2. The summed E-state index contributed by atoms with van der Waals surface area (Å²) in [6.07, 6.45) is 4.19. The van der Waals surface area contributed by atoms with Gasteiger partial charge in [-0.05, 0) is 26.2 Å². The van der Waals surface area contributed by atoms with Crippen LogP contribution in [0.5, 0.6) is 0 Å². The van der Waals surface area contributed by atoms with Crippen molar-refractivity contribution in [2.24, 2.45) is 11.7 Å². The van der Waals surface area contributed by atoms with Gasteiger partial charge in [0, 0.05) is 23.7 Å². The Labute approximate surface area is 130 Å². The molecule has 1 aliphatic rings. The number of carbonyl (C=O) groups excluding carboxylic acids is 1. The molecule has 0 saturated heterocycles. The van der Waals surface area contributed by atoms with Crippen LogP contribution in [0.25, 0.3) is 0 Å². The van der Waals surface area contributed by atoms with Crippen molar-refractivity contribution in [3.05, 3.63) is 39.9 Å². The highest BCUT2D eigenvalue weighted by molar-refractivity contribution is 5.80. The number of amides is 1. The summed E-state index contributed by atoms with van der Waals surface area (Å²) in [5.74, 6) is -0.213. The van der Waals surface area contributed by atoms with E-state index in [1.54, 1.807) is 18.2 Å². The van der Waals surface area contributed by atoms with Crippen molar-refractivity contribution in [1.29, 1.82) is 0 Å². The van der Waals surface area contributed by atoms with E-state index in [0.29, 0.717) is 18.5 Å². The predicted molar refractivity (Wildman–Crippen MR) is 84.4 cm³/mol. The van der Waals surface area contributed by atoms with Gasteiger partial charge in [0.1, 0.15) is 0 Å². The molecule has 2 unspecified atom stereocenters. The molecule has 0 radical (unpaired) electrons. The molecular weight excluding hydrogens is 282 g/mol. The number of nitro groups is 1. The SMILES string of the molecule is CC1(N)CCCCC1C(=O)NCCc1ccccc1[N+](=O)[O-]. The lowest BCUT2D eigenvalue weighted by molar-refractivity contribution is -0.385. The van der Waals surface area contributed by atoms with Crippen molar-refractivity contribution in [3.63, 3.8) is 0 Å². The van der Waals surface area contributed by atoms with Crippen LogP contribution in [0.15, 0.2) is 24.3 Å². The van der Waals surface area contributed by atoms with Gasteiger partial charge in [-0.3, -0.25) is 14.9 Å². The summed E-state index contributed by atoms with van der Waals surface area (Å²) in [7, 11) is 0. The predicted octanol–water partition coefficient (Wildman–Crippen LogP) is 2.16. The fraction of sp³-hybridized carbons (Fsp3) is 0.562. The molecule has 3 N–H and O–H groups in total. The van der Waals surface area contributed by atoms with Gasteiger partial charge >= 0.3 is 0 Å². The number of nitro benzene ring substituents is 1. The van der Waals surface area contributed by atoms with E-state index >= 15 is 0 Å². The van der Waals surface area contributed by atoms with Crippen LogP contribution in [0.2, 0.25) is 0 Å². The van der Waals surface area contributed by atoms with E-state index < -0.39 is 10.5 Å². The normalized spacial score (nSPS) is 24.7. The van der Waals surface area contributed by atoms with Gasteiger partial charge in [-0.25, -0.2) is 0 Å². The Hall–Kier alpha value is -1.95. The molecule has 1 aromatic rings. The van der Waals surface area contributed by atoms with Crippen molar-refractivity contribution in [3.8, 4) is 0 Å². The van der Waals surface area contributed by atoms with E-state index in [-0.39, 0.29) is 17.5 Å². The summed E-state index contributed by atoms with van der Waals surface area (Å²) in [5, 5.41) is 13.8. The maximum absolute atomic E-state index is 12.3. The summed E-state index contributed by atoms with van der Waals surface area (Å²) >= 11 is 0. The van der Waals surface area contributed by atoms with Crippen molar-refractivity contribution in [2.45, 2.75) is 44.6 Å². The molecule has 0 spiro atoms. The zero-order valence-electron chi connectivity index (χ0n) is 12.9. The van der Waals surface area contributed by atoms with Crippen LogP contribution in [-0.4, -0.2) is 22.9 Å². The van der Waals surface area contributed by atoms with Gasteiger partial charge in [0.05, 0.1) is 10.8 Å². The van der Waals surface area contributed by atoms with Crippen LogP contribution in [0.3, 0.4) is 0 Å². The molecule has 1 saturated carbocycles. The smallest absolute Gasteiger partial charge is 0.272 e. The maximum atomic E-state index is 12.3. The second kappa shape index (κ2) is 6.87. The van der Waals surface area contributed by atoms with Crippen molar-refractivity contribution in [2.75, 3.05) is 6.54 Å². The summed E-state index contributed by atoms with van der Waals surface area (Å²) in [4.78, 5) is 22.9. The van der Waals surface area contributed by atoms with E-state index in [9.17, 15) is 14.9 Å². The molecule has 22 heavy (non-hydrogen) atoms. The average Bonchev–Trinajstić information content (AvgIpc) is 2.47. The minimum Gasteiger partial charge on any atom is -0.355 e. The standard InChI is InChI=1S/C16H23N3O3/c1-16(17)10-5-4-7-13(16)15(20)18-11-9-12-6-2-3-8-14(12)19(21)22/h2-3,6,8,13H,4-5,7,9-11,17H2,1H3,(H,18,20). The fourth-order valence-corrected chi connectivity index (χ4v) is 3.13. The van der Waals surface area contributed by atoms with Crippen LogP contribution < -0.4 is 11.1 Å². The summed E-state index contributed by atoms with van der Waals surface area (Å²) in [6, 6.07) is 6.61. The largest absolute Gasteiger partial charge is 0.355 e.